The number of aryl methyl sites for hydroxylation is 1. The molecular formula is C14H17FN4O2. The highest BCUT2D eigenvalue weighted by molar-refractivity contribution is 5.79. The number of carbonyl (C=O) groups is 1. The quantitative estimate of drug-likeness (QED) is 0.928. The van der Waals surface area contributed by atoms with Crippen LogP contribution in [-0.4, -0.2) is 45.8 Å². The first-order valence-corrected chi connectivity index (χ1v) is 7.06. The molecule has 1 aliphatic heterocycles. The van der Waals surface area contributed by atoms with Crippen LogP contribution in [0.4, 0.5) is 10.1 Å². The van der Waals surface area contributed by atoms with Crippen LogP contribution >= 0.6 is 0 Å². The van der Waals surface area contributed by atoms with Gasteiger partial charge in [-0.2, -0.15) is 0 Å². The standard InChI is InChI=1S/C14H17FN4O2/c15-5-8-19-13-2-1-11(9-12(13)16-17-19)18-6-3-10(4-7-18)14(20)21/h1-2,9-10H,3-8H2,(H,20,21). The zero-order chi connectivity index (χ0) is 14.8. The first kappa shape index (κ1) is 13.8. The minimum absolute atomic E-state index is 0.208. The minimum atomic E-state index is -0.709. The molecule has 0 aliphatic carbocycles. The van der Waals surface area contributed by atoms with Crippen molar-refractivity contribution >= 4 is 22.7 Å². The van der Waals surface area contributed by atoms with Crippen molar-refractivity contribution in [3.63, 3.8) is 0 Å². The highest BCUT2D eigenvalue weighted by Crippen LogP contribution is 2.26. The molecule has 2 heterocycles. The van der Waals surface area contributed by atoms with Crippen LogP contribution < -0.4 is 4.90 Å². The second-order valence-corrected chi connectivity index (χ2v) is 5.27. The zero-order valence-corrected chi connectivity index (χ0v) is 11.6. The second kappa shape index (κ2) is 5.67. The Bertz CT molecular complexity index is 649. The summed E-state index contributed by atoms with van der Waals surface area (Å²) in [5.74, 6) is -0.949. The third kappa shape index (κ3) is 2.68. The van der Waals surface area contributed by atoms with E-state index in [1.807, 2.05) is 18.2 Å². The van der Waals surface area contributed by atoms with Gasteiger partial charge in [-0.05, 0) is 31.0 Å². The van der Waals surface area contributed by atoms with Crippen molar-refractivity contribution in [3.8, 4) is 0 Å². The number of carboxylic acids is 1. The summed E-state index contributed by atoms with van der Waals surface area (Å²) in [5, 5.41) is 17.0. The number of carboxylic acid groups (broad SMARTS) is 1. The Morgan fingerprint density at radius 2 is 2.14 bits per heavy atom. The van der Waals surface area contributed by atoms with Gasteiger partial charge in [-0.25, -0.2) is 9.07 Å². The normalized spacial score (nSPS) is 16.5. The molecule has 1 saturated heterocycles. The molecule has 1 aromatic carbocycles. The van der Waals surface area contributed by atoms with Crippen molar-refractivity contribution in [2.75, 3.05) is 24.7 Å². The Balaban J connectivity index is 1.78. The van der Waals surface area contributed by atoms with Crippen LogP contribution in [-0.2, 0) is 11.3 Å². The van der Waals surface area contributed by atoms with Crippen LogP contribution in [0.25, 0.3) is 11.0 Å². The van der Waals surface area contributed by atoms with Gasteiger partial charge in [0.15, 0.2) is 0 Å². The van der Waals surface area contributed by atoms with E-state index in [2.05, 4.69) is 15.2 Å². The van der Waals surface area contributed by atoms with Gasteiger partial charge in [0.2, 0.25) is 0 Å². The third-order valence-corrected chi connectivity index (χ3v) is 4.00. The lowest BCUT2D eigenvalue weighted by Gasteiger charge is -2.31. The predicted octanol–water partition coefficient (Wildman–Crippen LogP) is 1.70. The minimum Gasteiger partial charge on any atom is -0.481 e. The van der Waals surface area contributed by atoms with Crippen molar-refractivity contribution in [3.05, 3.63) is 18.2 Å². The number of hydrogen-bond donors (Lipinski definition) is 1. The molecule has 6 nitrogen and oxygen atoms in total. The topological polar surface area (TPSA) is 71.2 Å². The smallest absolute Gasteiger partial charge is 0.306 e. The molecule has 0 atom stereocenters. The van der Waals surface area contributed by atoms with E-state index in [0.29, 0.717) is 12.8 Å². The average Bonchev–Trinajstić information content (AvgIpc) is 2.90. The first-order chi connectivity index (χ1) is 10.2. The van der Waals surface area contributed by atoms with E-state index >= 15 is 0 Å². The third-order valence-electron chi connectivity index (χ3n) is 4.00. The maximum atomic E-state index is 12.4. The summed E-state index contributed by atoms with van der Waals surface area (Å²) in [6, 6.07) is 5.78. The van der Waals surface area contributed by atoms with E-state index in [4.69, 9.17) is 5.11 Å². The first-order valence-electron chi connectivity index (χ1n) is 7.06. The summed E-state index contributed by atoms with van der Waals surface area (Å²) in [6.45, 7) is 1.19. The summed E-state index contributed by atoms with van der Waals surface area (Å²) < 4.78 is 14.0. The van der Waals surface area contributed by atoms with Gasteiger partial charge in [0.25, 0.3) is 0 Å². The Hall–Kier alpha value is -2.18. The molecule has 2 aromatic rings. The molecule has 1 fully saturated rings. The Labute approximate surface area is 121 Å². The fourth-order valence-electron chi connectivity index (χ4n) is 2.79. The Morgan fingerprint density at radius 1 is 1.38 bits per heavy atom. The van der Waals surface area contributed by atoms with E-state index < -0.39 is 12.6 Å². The van der Waals surface area contributed by atoms with Crippen LogP contribution in [0.1, 0.15) is 12.8 Å². The van der Waals surface area contributed by atoms with Crippen LogP contribution in [0.2, 0.25) is 0 Å². The number of piperidine rings is 1. The summed E-state index contributed by atoms with van der Waals surface area (Å²) in [7, 11) is 0. The largest absolute Gasteiger partial charge is 0.481 e. The van der Waals surface area contributed by atoms with Gasteiger partial charge in [0.1, 0.15) is 12.2 Å². The molecule has 0 radical (unpaired) electrons. The van der Waals surface area contributed by atoms with E-state index in [9.17, 15) is 9.18 Å². The molecule has 1 aliphatic rings. The van der Waals surface area contributed by atoms with Crippen LogP contribution in [0.15, 0.2) is 18.2 Å². The molecule has 1 N–H and O–H groups in total. The fraction of sp³-hybridized carbons (Fsp3) is 0.500. The number of hydrogen-bond acceptors (Lipinski definition) is 4. The molecule has 0 amide bonds. The molecule has 112 valence electrons. The van der Waals surface area contributed by atoms with Gasteiger partial charge in [-0.15, -0.1) is 5.10 Å². The van der Waals surface area contributed by atoms with Crippen molar-refractivity contribution in [2.24, 2.45) is 5.92 Å². The summed E-state index contributed by atoms with van der Waals surface area (Å²) >= 11 is 0. The number of nitrogens with zero attached hydrogens (tertiary/aromatic N) is 4. The van der Waals surface area contributed by atoms with Gasteiger partial charge in [-0.3, -0.25) is 4.79 Å². The predicted molar refractivity (Wildman–Crippen MR) is 76.1 cm³/mol. The number of benzene rings is 1. The van der Waals surface area contributed by atoms with Gasteiger partial charge in [0.05, 0.1) is 18.0 Å². The Kier molecular flexibility index (Phi) is 3.72. The number of rotatable bonds is 4. The molecule has 3 rings (SSSR count). The summed E-state index contributed by atoms with van der Waals surface area (Å²) in [6.07, 6.45) is 1.31. The lowest BCUT2D eigenvalue weighted by Crippen LogP contribution is -2.36. The lowest BCUT2D eigenvalue weighted by atomic mass is 9.97. The average molecular weight is 292 g/mol. The molecule has 21 heavy (non-hydrogen) atoms. The SMILES string of the molecule is O=C(O)C1CCN(c2ccc3c(c2)nnn3CCF)CC1. The van der Waals surface area contributed by atoms with Gasteiger partial charge < -0.3 is 10.0 Å². The lowest BCUT2D eigenvalue weighted by molar-refractivity contribution is -0.142. The summed E-state index contributed by atoms with van der Waals surface area (Å²) in [4.78, 5) is 13.1. The number of anilines is 1. The highest BCUT2D eigenvalue weighted by Gasteiger charge is 2.24. The molecule has 0 bridgehead atoms. The molecular weight excluding hydrogens is 275 g/mol. The van der Waals surface area contributed by atoms with Gasteiger partial charge >= 0.3 is 5.97 Å². The number of fused-ring (bicyclic) bond motifs is 1. The number of aromatic nitrogens is 3. The maximum absolute atomic E-state index is 12.4. The molecule has 0 saturated carbocycles. The van der Waals surface area contributed by atoms with Crippen molar-refractivity contribution in [1.82, 2.24) is 15.0 Å². The number of aliphatic carboxylic acids is 1. The van der Waals surface area contributed by atoms with E-state index in [1.165, 1.54) is 0 Å². The van der Waals surface area contributed by atoms with Gasteiger partial charge in [0, 0.05) is 18.8 Å². The zero-order valence-electron chi connectivity index (χ0n) is 11.6. The van der Waals surface area contributed by atoms with E-state index in [1.54, 1.807) is 4.68 Å². The number of alkyl halides is 1. The Morgan fingerprint density at radius 3 is 2.81 bits per heavy atom. The fourth-order valence-corrected chi connectivity index (χ4v) is 2.79. The molecule has 1 aromatic heterocycles. The highest BCUT2D eigenvalue weighted by atomic mass is 19.1. The summed E-state index contributed by atoms with van der Waals surface area (Å²) in [5.41, 5.74) is 2.57. The molecule has 0 spiro atoms. The molecule has 7 heteroatoms. The van der Waals surface area contributed by atoms with Crippen molar-refractivity contribution in [2.45, 2.75) is 19.4 Å². The number of halogens is 1. The van der Waals surface area contributed by atoms with Crippen molar-refractivity contribution in [1.29, 1.82) is 0 Å². The molecule has 0 unspecified atom stereocenters. The van der Waals surface area contributed by atoms with Crippen LogP contribution in [0.3, 0.4) is 0 Å². The van der Waals surface area contributed by atoms with E-state index in [-0.39, 0.29) is 12.5 Å². The van der Waals surface area contributed by atoms with Crippen molar-refractivity contribution < 1.29 is 14.3 Å². The van der Waals surface area contributed by atoms with E-state index in [0.717, 1.165) is 29.8 Å². The van der Waals surface area contributed by atoms with Gasteiger partial charge in [-0.1, -0.05) is 5.21 Å². The second-order valence-electron chi connectivity index (χ2n) is 5.27. The monoisotopic (exact) mass is 292 g/mol. The van der Waals surface area contributed by atoms with Crippen LogP contribution in [0.5, 0.6) is 0 Å². The maximum Gasteiger partial charge on any atom is 0.306 e. The van der Waals surface area contributed by atoms with Crippen LogP contribution in [0, 0.1) is 5.92 Å².